The number of rotatable bonds is 19. The quantitative estimate of drug-likeness (QED) is 0.0335. The average molecular weight is 1620 g/mol. The van der Waals surface area contributed by atoms with Crippen LogP contribution in [0.25, 0.3) is 66.9 Å². The molecule has 3 aliphatic heterocycles. The molecule has 3 atom stereocenters. The molecule has 0 fully saturated rings. The number of anilines is 3. The summed E-state index contributed by atoms with van der Waals surface area (Å²) in [4.78, 5) is 122. The van der Waals surface area contributed by atoms with Crippen molar-refractivity contribution in [1.82, 2.24) is 70.5 Å². The first-order valence-electron chi connectivity index (χ1n) is 36.5. The molecule has 116 heavy (non-hydrogen) atoms. The van der Waals surface area contributed by atoms with Gasteiger partial charge in [-0.25, -0.2) is 45.6 Å². The minimum absolute atomic E-state index is 0. The van der Waals surface area contributed by atoms with Gasteiger partial charge in [0.1, 0.15) is 40.4 Å². The number of halogens is 2. The van der Waals surface area contributed by atoms with Crippen LogP contribution >= 0.6 is 24.8 Å². The normalized spacial score (nSPS) is 13.1. The number of carboxylic acid groups (broad SMARTS) is 1. The highest BCUT2D eigenvalue weighted by Gasteiger charge is 2.31. The summed E-state index contributed by atoms with van der Waals surface area (Å²) in [6.45, 7) is 10.5. The van der Waals surface area contributed by atoms with Crippen LogP contribution in [-0.2, 0) is 64.3 Å². The molecule has 0 unspecified atom stereocenters. The molecule has 32 nitrogen and oxygen atoms in total. The predicted molar refractivity (Wildman–Crippen MR) is 449 cm³/mol. The molecule has 9 heterocycles. The molecule has 15 rings (SSSR count). The number of nitrogens with zero attached hydrogens (tertiary/aromatic N) is 9. The number of imidazole rings is 3. The Labute approximate surface area is 678 Å². The Balaban J connectivity index is 0.000000169. The van der Waals surface area contributed by atoms with Crippen molar-refractivity contribution < 1.29 is 52.9 Å². The number of benzene rings is 6. The number of hydrogen-bond donors (Lipinski definition) is 13. The lowest BCUT2D eigenvalue weighted by atomic mass is 10.0. The van der Waals surface area contributed by atoms with Crippen molar-refractivity contribution in [1.29, 1.82) is 0 Å². The zero-order chi connectivity index (χ0) is 81.1. The molecule has 0 aliphatic carbocycles. The van der Waals surface area contributed by atoms with E-state index < -0.39 is 59.3 Å². The number of aryl methyl sites for hydroxylation is 6. The number of carboxylic acids is 1. The fourth-order valence-corrected chi connectivity index (χ4v) is 12.9. The van der Waals surface area contributed by atoms with E-state index in [-0.39, 0.29) is 42.5 Å². The Morgan fingerprint density at radius 1 is 0.474 bits per heavy atom. The zero-order valence-corrected chi connectivity index (χ0v) is 66.5. The van der Waals surface area contributed by atoms with Crippen LogP contribution < -0.4 is 49.0 Å². The fourth-order valence-electron chi connectivity index (χ4n) is 12.9. The second-order valence-corrected chi connectivity index (χ2v) is 29.4. The highest BCUT2D eigenvalue weighted by atomic mass is 35.5. The number of hydrogen-bond acceptors (Lipinski definition) is 18. The van der Waals surface area contributed by atoms with E-state index in [2.05, 4.69) is 82.8 Å². The SMILES string of the molecule is CC(C)(C)OC(=O)N[C@H](CCc1ccccc1)C(=O)O.Cl.Cl.Cn1cnc(-c2[nH]c3cc(N)cc4c3c2C=NNC4=O)c1.Cn1cnc(-c2[nH]c3cc(NC(=O)[C@@H](CCc4ccccc4)NC(=O)OC(C)(C)C)cc4c3c2C=NNC4=O)c1.Cn1cnc(-c2[nH]c3cc(NC(=O)[C@H](N)CCc4ccccc4)cc4c3c2C=NNC4=O)c1. The number of nitrogen functional groups attached to an aromatic ring is 1. The third kappa shape index (κ3) is 21.1. The molecule has 6 aromatic carbocycles. The summed E-state index contributed by atoms with van der Waals surface area (Å²) in [5.41, 5.74) is 32.9. The summed E-state index contributed by atoms with van der Waals surface area (Å²) in [6.07, 6.45) is 17.2. The number of nitrogens with one attached hydrogen (secondary N) is 10. The lowest BCUT2D eigenvalue weighted by molar-refractivity contribution is -0.139. The monoisotopic (exact) mass is 1610 g/mol. The van der Waals surface area contributed by atoms with Crippen LogP contribution in [-0.4, -0.2) is 144 Å². The van der Waals surface area contributed by atoms with Crippen molar-refractivity contribution in [3.63, 3.8) is 0 Å². The van der Waals surface area contributed by atoms with E-state index in [0.717, 1.165) is 66.9 Å². The largest absolute Gasteiger partial charge is 0.480 e. The van der Waals surface area contributed by atoms with Crippen LogP contribution in [0, 0.1) is 0 Å². The second kappa shape index (κ2) is 36.8. The zero-order valence-electron chi connectivity index (χ0n) is 64.8. The third-order valence-electron chi connectivity index (χ3n) is 18.1. The summed E-state index contributed by atoms with van der Waals surface area (Å²) in [5, 5.41) is 34.2. The smallest absolute Gasteiger partial charge is 0.408 e. The van der Waals surface area contributed by atoms with Crippen LogP contribution in [0.15, 0.2) is 180 Å². The van der Waals surface area contributed by atoms with Gasteiger partial charge in [0, 0.05) is 106 Å². The van der Waals surface area contributed by atoms with E-state index in [0.29, 0.717) is 106 Å². The molecule has 602 valence electrons. The third-order valence-corrected chi connectivity index (χ3v) is 18.1. The molecule has 34 heteroatoms. The number of carbonyl (C=O) groups is 8. The molecule has 0 saturated heterocycles. The molecule has 6 aromatic heterocycles. The van der Waals surface area contributed by atoms with Crippen LogP contribution in [0.5, 0.6) is 0 Å². The highest BCUT2D eigenvalue weighted by molar-refractivity contribution is 6.21. The van der Waals surface area contributed by atoms with Crippen molar-refractivity contribution in [2.24, 2.45) is 42.2 Å². The van der Waals surface area contributed by atoms with Crippen molar-refractivity contribution in [3.05, 3.63) is 215 Å². The van der Waals surface area contributed by atoms with E-state index >= 15 is 0 Å². The molecule has 7 amide bonds. The summed E-state index contributed by atoms with van der Waals surface area (Å²) in [7, 11) is 5.66. The lowest BCUT2D eigenvalue weighted by Gasteiger charge is -2.23. The molecule has 0 saturated carbocycles. The number of ether oxygens (including phenoxy) is 2. The van der Waals surface area contributed by atoms with Gasteiger partial charge in [0.15, 0.2) is 0 Å². The van der Waals surface area contributed by atoms with Crippen LogP contribution in [0.4, 0.5) is 26.7 Å². The highest BCUT2D eigenvalue weighted by Crippen LogP contribution is 2.37. The van der Waals surface area contributed by atoms with Crippen LogP contribution in [0.1, 0.15) is 125 Å². The molecular weight excluding hydrogens is 1530 g/mol. The van der Waals surface area contributed by atoms with Gasteiger partial charge in [0.05, 0.1) is 77.4 Å². The Hall–Kier alpha value is -13.7. The van der Waals surface area contributed by atoms with Gasteiger partial charge in [-0.15, -0.1) is 24.8 Å². The molecule has 0 radical (unpaired) electrons. The Kier molecular flexibility index (Phi) is 26.9. The van der Waals surface area contributed by atoms with Gasteiger partial charge in [0.2, 0.25) is 11.8 Å². The molecule has 0 spiro atoms. The van der Waals surface area contributed by atoms with Crippen molar-refractivity contribution in [3.8, 4) is 34.2 Å². The maximum atomic E-state index is 13.5. The van der Waals surface area contributed by atoms with Gasteiger partial charge in [-0.3, -0.25) is 24.0 Å². The molecule has 15 N–H and O–H groups in total. The van der Waals surface area contributed by atoms with E-state index in [1.807, 2.05) is 144 Å². The summed E-state index contributed by atoms with van der Waals surface area (Å²) in [6, 6.07) is 36.9. The summed E-state index contributed by atoms with van der Waals surface area (Å²) in [5.74, 6) is -2.84. The topological polar surface area (TPSA) is 449 Å². The van der Waals surface area contributed by atoms with E-state index in [4.69, 9.17) is 26.0 Å². The van der Waals surface area contributed by atoms with Crippen LogP contribution in [0.3, 0.4) is 0 Å². The van der Waals surface area contributed by atoms with Crippen molar-refractivity contribution >= 4 is 141 Å². The molecule has 0 bridgehead atoms. The number of carbonyl (C=O) groups excluding carboxylic acids is 7. The molecular formula is C82H89Cl2N21O11. The van der Waals surface area contributed by atoms with Crippen LogP contribution in [0.2, 0.25) is 0 Å². The van der Waals surface area contributed by atoms with Gasteiger partial charge in [-0.2, -0.15) is 15.3 Å². The second-order valence-electron chi connectivity index (χ2n) is 29.4. The van der Waals surface area contributed by atoms with E-state index in [9.17, 15) is 38.4 Å². The van der Waals surface area contributed by atoms with Gasteiger partial charge in [-0.1, -0.05) is 91.0 Å². The Morgan fingerprint density at radius 3 is 1.16 bits per heavy atom. The van der Waals surface area contributed by atoms with Gasteiger partial charge < -0.3 is 76.0 Å². The lowest BCUT2D eigenvalue weighted by Crippen LogP contribution is -2.46. The number of H-pyrrole nitrogens is 3. The Bertz CT molecular complexity index is 5710. The number of aromatic amines is 3. The minimum Gasteiger partial charge on any atom is -0.480 e. The average Bonchev–Trinajstić information content (AvgIpc) is 1.61. The first-order chi connectivity index (χ1) is 54.5. The van der Waals surface area contributed by atoms with Crippen molar-refractivity contribution in [2.45, 2.75) is 109 Å². The number of hydrazone groups is 3. The van der Waals surface area contributed by atoms with Gasteiger partial charge in [-0.05, 0) is 133 Å². The predicted octanol–water partition coefficient (Wildman–Crippen LogP) is 11.3. The minimum atomic E-state index is -1.06. The number of alkyl carbamates (subject to hydrolysis) is 2. The maximum Gasteiger partial charge on any atom is 0.408 e. The van der Waals surface area contributed by atoms with Gasteiger partial charge >= 0.3 is 18.2 Å². The van der Waals surface area contributed by atoms with Crippen molar-refractivity contribution in [2.75, 3.05) is 16.4 Å². The number of aromatic nitrogens is 9. The molecule has 3 aliphatic rings. The fraction of sp³-hybridized carbons (Fsp3) is 0.244. The van der Waals surface area contributed by atoms with E-state index in [1.54, 1.807) is 116 Å². The number of nitrogens with two attached hydrogens (primary N) is 2. The number of aliphatic carboxylic acids is 1. The number of amides is 7. The first-order valence-corrected chi connectivity index (χ1v) is 36.5. The summed E-state index contributed by atoms with van der Waals surface area (Å²) < 4.78 is 16.0. The molecule has 12 aromatic rings. The summed E-state index contributed by atoms with van der Waals surface area (Å²) >= 11 is 0. The van der Waals surface area contributed by atoms with E-state index in [1.165, 1.54) is 0 Å². The maximum absolute atomic E-state index is 13.5. The Morgan fingerprint density at radius 2 is 0.810 bits per heavy atom. The van der Waals surface area contributed by atoms with Gasteiger partial charge in [0.25, 0.3) is 17.7 Å². The first kappa shape index (κ1) is 84.7. The standard InChI is InChI=1S/C29H31N7O4.C24H23N7O2.C15H21NO4.C14H12N6O.2ClH/c1-29(2,3)40-28(39)34-21(11-10-17-8-6-5-7-9-17)27(38)32-18-12-19-24-20(14-31-35-26(19)37)25(33-22(24)13-18)23-15-36(4)16-30-23;1-31-12-20(26-13-31)22-17-11-27-30-23(32)16-9-15(10-19(29-22)21(16)17)28-24(33)18(25)8-7-14-5-3-2-4-6-14;1-15(2,3)20-14(19)16-12(13(17)18)10-9-11-7-5-4-6-8-11;1-20-5-11(16-6-20)13-9-4-17-19-14(21)8-2-7(15)3-10(18-13)12(8)9;;/h5-9,12-16,21,33H,10-11H2,1-4H3,(H,32,38)(H,34,39)(H,35,37);2-6,9-13,18,29H,7-8,25H2,1H3,(H,28,33)(H,30,32);4-8,12H,9-10H2,1-3H3,(H,16,19)(H,17,18);2-6,18H,15H2,1H3,(H,19,21);2*1H/t21-;18-;12-;;;/m111.../s1.